The fourth-order valence-electron chi connectivity index (χ4n) is 1.25. The normalized spacial score (nSPS) is 22.0. The molecule has 11 heavy (non-hydrogen) atoms. The van der Waals surface area contributed by atoms with E-state index in [1.54, 1.807) is 6.92 Å². The van der Waals surface area contributed by atoms with Crippen LogP contribution in [0.15, 0.2) is 0 Å². The van der Waals surface area contributed by atoms with Gasteiger partial charge in [-0.2, -0.15) is 0 Å². The average molecular weight is 158 g/mol. The number of hydrogen-bond acceptors (Lipinski definition) is 3. The van der Waals surface area contributed by atoms with Crippen molar-refractivity contribution in [2.45, 2.75) is 26.6 Å². The molecule has 1 rings (SSSR count). The van der Waals surface area contributed by atoms with Crippen LogP contribution in [0.1, 0.15) is 20.3 Å². The number of hydrogen-bond donors (Lipinski definition) is 0. The maximum atomic E-state index is 10.7. The maximum Gasteiger partial charge on any atom is 0.160 e. The van der Waals surface area contributed by atoms with E-state index in [-0.39, 0.29) is 18.0 Å². The Kier molecular flexibility index (Phi) is 3.02. The summed E-state index contributed by atoms with van der Waals surface area (Å²) in [4.78, 5) is 10.7. The van der Waals surface area contributed by atoms with Crippen molar-refractivity contribution < 1.29 is 14.3 Å². The molecular weight excluding hydrogens is 144 g/mol. The highest BCUT2D eigenvalue weighted by molar-refractivity contribution is 5.75. The minimum Gasteiger partial charge on any atom is -0.350 e. The second kappa shape index (κ2) is 3.83. The van der Waals surface area contributed by atoms with Crippen LogP contribution in [0.25, 0.3) is 0 Å². The molecule has 0 aromatic rings. The SMILES string of the molecule is CC(=O)C[C@H](C)C1OCCO1. The van der Waals surface area contributed by atoms with Crippen molar-refractivity contribution in [3.05, 3.63) is 0 Å². The van der Waals surface area contributed by atoms with E-state index >= 15 is 0 Å². The zero-order valence-electron chi connectivity index (χ0n) is 7.00. The molecule has 0 spiro atoms. The van der Waals surface area contributed by atoms with Gasteiger partial charge in [-0.1, -0.05) is 6.92 Å². The summed E-state index contributed by atoms with van der Waals surface area (Å²) in [7, 11) is 0. The van der Waals surface area contributed by atoms with E-state index < -0.39 is 0 Å². The first-order valence-corrected chi connectivity index (χ1v) is 3.93. The van der Waals surface area contributed by atoms with Crippen LogP contribution in [0.4, 0.5) is 0 Å². The zero-order chi connectivity index (χ0) is 8.27. The summed E-state index contributed by atoms with van der Waals surface area (Å²) in [5, 5.41) is 0. The number of carbonyl (C=O) groups excluding carboxylic acids is 1. The van der Waals surface area contributed by atoms with E-state index in [9.17, 15) is 4.79 Å². The van der Waals surface area contributed by atoms with Crippen molar-refractivity contribution >= 4 is 5.78 Å². The lowest BCUT2D eigenvalue weighted by molar-refractivity contribution is -0.123. The second-order valence-electron chi connectivity index (χ2n) is 2.99. The van der Waals surface area contributed by atoms with Crippen LogP contribution >= 0.6 is 0 Å². The van der Waals surface area contributed by atoms with Crippen LogP contribution in [0.2, 0.25) is 0 Å². The maximum absolute atomic E-state index is 10.7. The topological polar surface area (TPSA) is 35.5 Å². The number of carbonyl (C=O) groups is 1. The molecule has 1 aliphatic heterocycles. The lowest BCUT2D eigenvalue weighted by Gasteiger charge is -2.15. The van der Waals surface area contributed by atoms with Gasteiger partial charge in [0, 0.05) is 12.3 Å². The first-order chi connectivity index (χ1) is 5.20. The Morgan fingerprint density at radius 2 is 2.09 bits per heavy atom. The van der Waals surface area contributed by atoms with E-state index in [1.165, 1.54) is 0 Å². The molecule has 0 unspecified atom stereocenters. The van der Waals surface area contributed by atoms with Gasteiger partial charge in [-0.25, -0.2) is 0 Å². The van der Waals surface area contributed by atoms with Crippen LogP contribution in [-0.4, -0.2) is 25.3 Å². The van der Waals surface area contributed by atoms with Crippen molar-refractivity contribution in [2.24, 2.45) is 5.92 Å². The Morgan fingerprint density at radius 1 is 1.55 bits per heavy atom. The molecule has 0 bridgehead atoms. The molecule has 1 aliphatic rings. The molecule has 0 radical (unpaired) electrons. The standard InChI is InChI=1S/C8H14O3/c1-6(5-7(2)9)8-10-3-4-11-8/h6,8H,3-5H2,1-2H3/t6-/m0/s1. The largest absolute Gasteiger partial charge is 0.350 e. The summed E-state index contributed by atoms with van der Waals surface area (Å²) in [6.45, 7) is 4.88. The Morgan fingerprint density at radius 3 is 2.55 bits per heavy atom. The summed E-state index contributed by atoms with van der Waals surface area (Å²) in [5.74, 6) is 0.381. The predicted octanol–water partition coefficient (Wildman–Crippen LogP) is 0.974. The van der Waals surface area contributed by atoms with Crippen molar-refractivity contribution in [1.82, 2.24) is 0 Å². The Labute approximate surface area is 66.7 Å². The van der Waals surface area contributed by atoms with Gasteiger partial charge in [0.05, 0.1) is 13.2 Å². The summed E-state index contributed by atoms with van der Waals surface area (Å²) in [5.41, 5.74) is 0. The molecule has 1 fully saturated rings. The fourth-order valence-corrected chi connectivity index (χ4v) is 1.25. The molecule has 64 valence electrons. The fraction of sp³-hybridized carbons (Fsp3) is 0.875. The highest BCUT2D eigenvalue weighted by atomic mass is 16.7. The lowest BCUT2D eigenvalue weighted by atomic mass is 10.1. The third kappa shape index (κ3) is 2.60. The molecule has 0 aromatic carbocycles. The van der Waals surface area contributed by atoms with Gasteiger partial charge < -0.3 is 14.3 Å². The second-order valence-corrected chi connectivity index (χ2v) is 2.99. The van der Waals surface area contributed by atoms with Gasteiger partial charge in [0.25, 0.3) is 0 Å². The van der Waals surface area contributed by atoms with Crippen molar-refractivity contribution in [1.29, 1.82) is 0 Å². The van der Waals surface area contributed by atoms with Gasteiger partial charge >= 0.3 is 0 Å². The molecule has 0 amide bonds. The number of ether oxygens (including phenoxy) is 2. The van der Waals surface area contributed by atoms with Crippen LogP contribution in [0.3, 0.4) is 0 Å². The number of rotatable bonds is 3. The van der Waals surface area contributed by atoms with Gasteiger partial charge in [0.15, 0.2) is 6.29 Å². The number of ketones is 1. The van der Waals surface area contributed by atoms with E-state index in [1.807, 2.05) is 6.92 Å². The van der Waals surface area contributed by atoms with Gasteiger partial charge in [-0.3, -0.25) is 0 Å². The molecular formula is C8H14O3. The minimum atomic E-state index is -0.154. The summed E-state index contributed by atoms with van der Waals surface area (Å²) >= 11 is 0. The summed E-state index contributed by atoms with van der Waals surface area (Å²) in [6.07, 6.45) is 0.392. The minimum absolute atomic E-state index is 0.154. The summed E-state index contributed by atoms with van der Waals surface area (Å²) < 4.78 is 10.5. The molecule has 0 N–H and O–H groups in total. The van der Waals surface area contributed by atoms with E-state index in [0.717, 1.165) is 0 Å². The third-order valence-corrected chi connectivity index (χ3v) is 1.72. The highest BCUT2D eigenvalue weighted by Crippen LogP contribution is 2.17. The van der Waals surface area contributed by atoms with Crippen LogP contribution < -0.4 is 0 Å². The first kappa shape index (κ1) is 8.68. The van der Waals surface area contributed by atoms with E-state index in [0.29, 0.717) is 19.6 Å². The Bertz CT molecular complexity index is 138. The molecule has 0 saturated carbocycles. The molecule has 0 aromatic heterocycles. The summed E-state index contributed by atoms with van der Waals surface area (Å²) in [6, 6.07) is 0. The van der Waals surface area contributed by atoms with Crippen LogP contribution in [-0.2, 0) is 14.3 Å². The monoisotopic (exact) mass is 158 g/mol. The molecule has 0 aliphatic carbocycles. The highest BCUT2D eigenvalue weighted by Gasteiger charge is 2.23. The van der Waals surface area contributed by atoms with Gasteiger partial charge in [-0.05, 0) is 6.92 Å². The van der Waals surface area contributed by atoms with Gasteiger partial charge in [0.1, 0.15) is 5.78 Å². The quantitative estimate of drug-likeness (QED) is 0.614. The first-order valence-electron chi connectivity index (χ1n) is 3.93. The van der Waals surface area contributed by atoms with Crippen LogP contribution in [0, 0.1) is 5.92 Å². The average Bonchev–Trinajstić information content (AvgIpc) is 2.35. The Hall–Kier alpha value is -0.410. The van der Waals surface area contributed by atoms with Gasteiger partial charge in [0.2, 0.25) is 0 Å². The van der Waals surface area contributed by atoms with Crippen LogP contribution in [0.5, 0.6) is 0 Å². The third-order valence-electron chi connectivity index (χ3n) is 1.72. The van der Waals surface area contributed by atoms with Crippen molar-refractivity contribution in [2.75, 3.05) is 13.2 Å². The van der Waals surface area contributed by atoms with Gasteiger partial charge in [-0.15, -0.1) is 0 Å². The molecule has 3 heteroatoms. The molecule has 1 heterocycles. The Balaban J connectivity index is 2.28. The van der Waals surface area contributed by atoms with Crippen molar-refractivity contribution in [3.8, 4) is 0 Å². The molecule has 1 atom stereocenters. The lowest BCUT2D eigenvalue weighted by Crippen LogP contribution is -2.20. The van der Waals surface area contributed by atoms with E-state index in [4.69, 9.17) is 9.47 Å². The van der Waals surface area contributed by atoms with E-state index in [2.05, 4.69) is 0 Å². The predicted molar refractivity (Wildman–Crippen MR) is 40.2 cm³/mol. The molecule has 3 nitrogen and oxygen atoms in total. The van der Waals surface area contributed by atoms with Crippen molar-refractivity contribution in [3.63, 3.8) is 0 Å². The smallest absolute Gasteiger partial charge is 0.160 e. The molecule has 1 saturated heterocycles. The zero-order valence-corrected chi connectivity index (χ0v) is 7.00. The number of Topliss-reactive ketones (excluding diaryl/α,β-unsaturated/α-hetero) is 1.